The highest BCUT2D eigenvalue weighted by atomic mass is 32.2. The SMILES string of the molecule is Cc1ccc(S(=O)(=O)OC2CCOC[C@H]2O)cc1. The van der Waals surface area contributed by atoms with E-state index in [9.17, 15) is 13.5 Å². The Hall–Kier alpha value is -0.950. The monoisotopic (exact) mass is 272 g/mol. The zero-order valence-electron chi connectivity index (χ0n) is 10.1. The van der Waals surface area contributed by atoms with E-state index in [4.69, 9.17) is 8.92 Å². The van der Waals surface area contributed by atoms with Crippen LogP contribution in [0.3, 0.4) is 0 Å². The molecule has 1 unspecified atom stereocenters. The number of aryl methyl sites for hydroxylation is 1. The van der Waals surface area contributed by atoms with Crippen LogP contribution in [0.2, 0.25) is 0 Å². The predicted molar refractivity (Wildman–Crippen MR) is 64.7 cm³/mol. The van der Waals surface area contributed by atoms with E-state index in [-0.39, 0.29) is 11.5 Å². The van der Waals surface area contributed by atoms with Crippen molar-refractivity contribution in [2.45, 2.75) is 30.4 Å². The number of ether oxygens (including phenoxy) is 1. The number of rotatable bonds is 3. The Balaban J connectivity index is 2.13. The van der Waals surface area contributed by atoms with Crippen molar-refractivity contribution in [2.75, 3.05) is 13.2 Å². The van der Waals surface area contributed by atoms with Crippen LogP contribution < -0.4 is 0 Å². The van der Waals surface area contributed by atoms with Crippen LogP contribution in [0.15, 0.2) is 29.2 Å². The Morgan fingerprint density at radius 2 is 2.00 bits per heavy atom. The summed E-state index contributed by atoms with van der Waals surface area (Å²) >= 11 is 0. The normalized spacial score (nSPS) is 25.0. The molecule has 0 saturated carbocycles. The van der Waals surface area contributed by atoms with Crippen molar-refractivity contribution < 1.29 is 22.4 Å². The molecule has 6 heteroatoms. The summed E-state index contributed by atoms with van der Waals surface area (Å²) in [5, 5.41) is 9.61. The van der Waals surface area contributed by atoms with Gasteiger partial charge in [-0.2, -0.15) is 8.42 Å². The van der Waals surface area contributed by atoms with Crippen LogP contribution in [-0.2, 0) is 19.0 Å². The Morgan fingerprint density at radius 1 is 1.33 bits per heavy atom. The first-order chi connectivity index (χ1) is 8.49. The number of aliphatic hydroxyl groups is 1. The first kappa shape index (κ1) is 13.5. The lowest BCUT2D eigenvalue weighted by molar-refractivity contribution is -0.0730. The lowest BCUT2D eigenvalue weighted by atomic mass is 10.1. The molecule has 1 aromatic carbocycles. The smallest absolute Gasteiger partial charge is 0.297 e. The Morgan fingerprint density at radius 3 is 2.61 bits per heavy atom. The predicted octanol–water partition coefficient (Wildman–Crippen LogP) is 0.850. The molecule has 1 heterocycles. The molecule has 100 valence electrons. The van der Waals surface area contributed by atoms with E-state index in [2.05, 4.69) is 0 Å². The highest BCUT2D eigenvalue weighted by Crippen LogP contribution is 2.20. The maximum absolute atomic E-state index is 12.0. The molecule has 1 N–H and O–H groups in total. The van der Waals surface area contributed by atoms with Gasteiger partial charge in [0, 0.05) is 13.0 Å². The van der Waals surface area contributed by atoms with Crippen LogP contribution in [0.1, 0.15) is 12.0 Å². The van der Waals surface area contributed by atoms with E-state index < -0.39 is 22.3 Å². The molecule has 5 nitrogen and oxygen atoms in total. The van der Waals surface area contributed by atoms with E-state index in [1.165, 1.54) is 12.1 Å². The molecule has 0 aromatic heterocycles. The molecule has 1 saturated heterocycles. The fourth-order valence-corrected chi connectivity index (χ4v) is 2.87. The van der Waals surface area contributed by atoms with Crippen molar-refractivity contribution in [3.63, 3.8) is 0 Å². The third-order valence-corrected chi connectivity index (χ3v) is 4.17. The van der Waals surface area contributed by atoms with Gasteiger partial charge in [-0.25, -0.2) is 0 Å². The van der Waals surface area contributed by atoms with Crippen LogP contribution in [-0.4, -0.2) is 38.9 Å². The van der Waals surface area contributed by atoms with Gasteiger partial charge in [-0.3, -0.25) is 4.18 Å². The van der Waals surface area contributed by atoms with Crippen molar-refractivity contribution in [1.82, 2.24) is 0 Å². The molecule has 1 fully saturated rings. The lowest BCUT2D eigenvalue weighted by Crippen LogP contribution is -2.39. The van der Waals surface area contributed by atoms with E-state index in [1.807, 2.05) is 6.92 Å². The van der Waals surface area contributed by atoms with Crippen molar-refractivity contribution in [2.24, 2.45) is 0 Å². The van der Waals surface area contributed by atoms with Crippen LogP contribution in [0.5, 0.6) is 0 Å². The van der Waals surface area contributed by atoms with E-state index in [0.29, 0.717) is 13.0 Å². The number of hydrogen-bond acceptors (Lipinski definition) is 5. The minimum atomic E-state index is -3.83. The molecule has 0 bridgehead atoms. The number of aliphatic hydroxyl groups excluding tert-OH is 1. The maximum atomic E-state index is 12.0. The van der Waals surface area contributed by atoms with Gasteiger partial charge in [0.2, 0.25) is 0 Å². The molecule has 2 atom stereocenters. The van der Waals surface area contributed by atoms with Gasteiger partial charge in [0.1, 0.15) is 12.2 Å². The summed E-state index contributed by atoms with van der Waals surface area (Å²) in [6.45, 7) is 2.37. The van der Waals surface area contributed by atoms with Gasteiger partial charge in [0.15, 0.2) is 0 Å². The first-order valence-electron chi connectivity index (χ1n) is 5.75. The topological polar surface area (TPSA) is 72.8 Å². The van der Waals surface area contributed by atoms with E-state index in [1.54, 1.807) is 12.1 Å². The average molecular weight is 272 g/mol. The van der Waals surface area contributed by atoms with Crippen molar-refractivity contribution >= 4 is 10.1 Å². The van der Waals surface area contributed by atoms with Gasteiger partial charge in [-0.05, 0) is 19.1 Å². The van der Waals surface area contributed by atoms with Crippen molar-refractivity contribution in [3.8, 4) is 0 Å². The first-order valence-corrected chi connectivity index (χ1v) is 7.15. The van der Waals surface area contributed by atoms with Gasteiger partial charge in [0.05, 0.1) is 11.5 Å². The Labute approximate surface area is 106 Å². The molecule has 1 aliphatic heterocycles. The zero-order valence-corrected chi connectivity index (χ0v) is 10.9. The fourth-order valence-electron chi connectivity index (χ4n) is 1.74. The van der Waals surface area contributed by atoms with Gasteiger partial charge in [0.25, 0.3) is 10.1 Å². The Bertz CT molecular complexity index is 494. The van der Waals surface area contributed by atoms with Gasteiger partial charge >= 0.3 is 0 Å². The number of benzene rings is 1. The van der Waals surface area contributed by atoms with Gasteiger partial charge < -0.3 is 9.84 Å². The minimum absolute atomic E-state index is 0.104. The van der Waals surface area contributed by atoms with Crippen LogP contribution in [0.4, 0.5) is 0 Å². The molecule has 18 heavy (non-hydrogen) atoms. The summed E-state index contributed by atoms with van der Waals surface area (Å²) in [6, 6.07) is 6.40. The van der Waals surface area contributed by atoms with Crippen molar-refractivity contribution in [3.05, 3.63) is 29.8 Å². The summed E-state index contributed by atoms with van der Waals surface area (Å²) in [6.07, 6.45) is -1.27. The molecule has 0 radical (unpaired) electrons. The second kappa shape index (κ2) is 5.36. The lowest BCUT2D eigenvalue weighted by Gasteiger charge is -2.26. The molecule has 1 aliphatic rings. The summed E-state index contributed by atoms with van der Waals surface area (Å²) in [7, 11) is -3.83. The summed E-state index contributed by atoms with van der Waals surface area (Å²) in [4.78, 5) is 0.104. The average Bonchev–Trinajstić information content (AvgIpc) is 2.32. The molecule has 0 amide bonds. The van der Waals surface area contributed by atoms with E-state index in [0.717, 1.165) is 5.56 Å². The molecular weight excluding hydrogens is 256 g/mol. The molecular formula is C12H16O5S. The third-order valence-electron chi connectivity index (χ3n) is 2.82. The highest BCUT2D eigenvalue weighted by molar-refractivity contribution is 7.86. The summed E-state index contributed by atoms with van der Waals surface area (Å²) < 4.78 is 34.0. The second-order valence-electron chi connectivity index (χ2n) is 4.33. The summed E-state index contributed by atoms with van der Waals surface area (Å²) in [5.41, 5.74) is 0.972. The third kappa shape index (κ3) is 3.08. The van der Waals surface area contributed by atoms with Crippen LogP contribution in [0, 0.1) is 6.92 Å². The molecule has 1 aromatic rings. The summed E-state index contributed by atoms with van der Waals surface area (Å²) in [5.74, 6) is 0. The van der Waals surface area contributed by atoms with Crippen LogP contribution >= 0.6 is 0 Å². The minimum Gasteiger partial charge on any atom is -0.388 e. The Kier molecular flexibility index (Phi) is 4.01. The molecule has 0 spiro atoms. The van der Waals surface area contributed by atoms with Gasteiger partial charge in [-0.15, -0.1) is 0 Å². The molecule has 0 aliphatic carbocycles. The van der Waals surface area contributed by atoms with E-state index >= 15 is 0 Å². The molecule has 2 rings (SSSR count). The standard InChI is InChI=1S/C12H16O5S/c1-9-2-4-10(5-3-9)18(14,15)17-12-6-7-16-8-11(12)13/h2-5,11-13H,6-8H2,1H3/t11-,12?/m1/s1. The zero-order chi connectivity index (χ0) is 13.2. The van der Waals surface area contributed by atoms with Crippen molar-refractivity contribution in [1.29, 1.82) is 0 Å². The maximum Gasteiger partial charge on any atom is 0.297 e. The quantitative estimate of drug-likeness (QED) is 0.826. The second-order valence-corrected chi connectivity index (χ2v) is 5.90. The largest absolute Gasteiger partial charge is 0.388 e. The van der Waals surface area contributed by atoms with Crippen LogP contribution in [0.25, 0.3) is 0 Å². The highest BCUT2D eigenvalue weighted by Gasteiger charge is 2.30. The fraction of sp³-hybridized carbons (Fsp3) is 0.500. The number of hydrogen-bond donors (Lipinski definition) is 1. The van der Waals surface area contributed by atoms with Gasteiger partial charge in [-0.1, -0.05) is 17.7 Å².